The van der Waals surface area contributed by atoms with Crippen molar-refractivity contribution < 1.29 is 9.53 Å². The van der Waals surface area contributed by atoms with Gasteiger partial charge in [-0.15, -0.1) is 0 Å². The quantitative estimate of drug-likeness (QED) is 0.489. The first-order valence-electron chi connectivity index (χ1n) is 5.90. The number of carbonyl (C=O) groups is 1. The third-order valence-corrected chi connectivity index (χ3v) is 2.96. The largest absolute Gasteiger partial charge is 0.466 e. The van der Waals surface area contributed by atoms with E-state index in [0.717, 1.165) is 10.6 Å². The minimum Gasteiger partial charge on any atom is -0.466 e. The van der Waals surface area contributed by atoms with E-state index in [1.54, 1.807) is 0 Å². The number of methoxy groups -OCH3 is 1. The Morgan fingerprint density at radius 3 is 2.78 bits per heavy atom. The lowest BCUT2D eigenvalue weighted by Gasteiger charge is -2.06. The van der Waals surface area contributed by atoms with Crippen LogP contribution >= 0.6 is 11.6 Å². The van der Waals surface area contributed by atoms with Gasteiger partial charge in [-0.25, -0.2) is 4.79 Å². The van der Waals surface area contributed by atoms with E-state index in [1.165, 1.54) is 7.11 Å². The van der Waals surface area contributed by atoms with E-state index in [0.29, 0.717) is 25.1 Å². The third-order valence-electron chi connectivity index (χ3n) is 2.59. The van der Waals surface area contributed by atoms with Crippen LogP contribution in [0.2, 0.25) is 5.02 Å². The predicted octanol–water partition coefficient (Wildman–Crippen LogP) is 2.94. The summed E-state index contributed by atoms with van der Waals surface area (Å²) in [4.78, 5) is 11.3. The molecule has 0 radical (unpaired) electrons. The molecule has 0 aliphatic carbocycles. The van der Waals surface area contributed by atoms with E-state index < -0.39 is 0 Å². The third kappa shape index (κ3) is 4.51. The van der Waals surface area contributed by atoms with Gasteiger partial charge < -0.3 is 10.1 Å². The maximum Gasteiger partial charge on any atom is 0.333 e. The van der Waals surface area contributed by atoms with E-state index in [1.807, 2.05) is 37.3 Å². The van der Waals surface area contributed by atoms with Gasteiger partial charge in [-0.05, 0) is 18.1 Å². The summed E-state index contributed by atoms with van der Waals surface area (Å²) >= 11 is 6.04. The predicted molar refractivity (Wildman–Crippen MR) is 73.5 cm³/mol. The minimum atomic E-state index is -0.267. The van der Waals surface area contributed by atoms with Crippen LogP contribution < -0.4 is 5.32 Å². The number of hydrogen-bond acceptors (Lipinski definition) is 3. The summed E-state index contributed by atoms with van der Waals surface area (Å²) in [5.74, 6) is -0.267. The van der Waals surface area contributed by atoms with Crippen LogP contribution in [0.25, 0.3) is 0 Å². The molecule has 18 heavy (non-hydrogen) atoms. The lowest BCUT2D eigenvalue weighted by atomic mass is 10.2. The molecule has 0 atom stereocenters. The Bertz CT molecular complexity index is 430. The first-order chi connectivity index (χ1) is 8.69. The highest BCUT2D eigenvalue weighted by Crippen LogP contribution is 2.14. The highest BCUT2D eigenvalue weighted by atomic mass is 35.5. The van der Waals surface area contributed by atoms with Crippen LogP contribution in [0.15, 0.2) is 35.9 Å². The molecular formula is C14H18ClNO2. The zero-order valence-corrected chi connectivity index (χ0v) is 11.5. The standard InChI is InChI=1S/C14H18ClNO2/c1-3-11(14(17)18-2)8-9-16-10-12-6-4-5-7-13(12)15/h4-8,16H,3,9-10H2,1-2H3/b11-8-. The van der Waals surface area contributed by atoms with Crippen molar-refractivity contribution >= 4 is 17.6 Å². The van der Waals surface area contributed by atoms with Gasteiger partial charge in [-0.3, -0.25) is 0 Å². The molecule has 4 heteroatoms. The van der Waals surface area contributed by atoms with Crippen molar-refractivity contribution in [3.8, 4) is 0 Å². The topological polar surface area (TPSA) is 38.3 Å². The Morgan fingerprint density at radius 2 is 2.17 bits per heavy atom. The summed E-state index contributed by atoms with van der Waals surface area (Å²) in [6.07, 6.45) is 2.52. The van der Waals surface area contributed by atoms with Gasteiger partial charge in [0.25, 0.3) is 0 Å². The van der Waals surface area contributed by atoms with Crippen LogP contribution in [0.3, 0.4) is 0 Å². The van der Waals surface area contributed by atoms with Gasteiger partial charge in [0.05, 0.1) is 7.11 Å². The lowest BCUT2D eigenvalue weighted by molar-refractivity contribution is -0.136. The van der Waals surface area contributed by atoms with Gasteiger partial charge in [0.2, 0.25) is 0 Å². The first kappa shape index (κ1) is 14.7. The van der Waals surface area contributed by atoms with Gasteiger partial charge in [-0.2, -0.15) is 0 Å². The van der Waals surface area contributed by atoms with E-state index in [-0.39, 0.29) is 5.97 Å². The fourth-order valence-electron chi connectivity index (χ4n) is 1.55. The van der Waals surface area contributed by atoms with Gasteiger partial charge in [0.15, 0.2) is 0 Å². The van der Waals surface area contributed by atoms with Crippen LogP contribution in [-0.4, -0.2) is 19.6 Å². The molecule has 0 amide bonds. The van der Waals surface area contributed by atoms with Crippen molar-refractivity contribution in [2.24, 2.45) is 0 Å². The molecule has 3 nitrogen and oxygen atoms in total. The zero-order chi connectivity index (χ0) is 13.4. The maximum atomic E-state index is 11.3. The molecule has 1 N–H and O–H groups in total. The second-order valence-electron chi connectivity index (χ2n) is 3.80. The van der Waals surface area contributed by atoms with Crippen molar-refractivity contribution in [1.82, 2.24) is 5.32 Å². The minimum absolute atomic E-state index is 0.267. The number of carbonyl (C=O) groups excluding carboxylic acids is 1. The monoisotopic (exact) mass is 267 g/mol. The van der Waals surface area contributed by atoms with E-state index in [2.05, 4.69) is 10.1 Å². The number of ether oxygens (including phenoxy) is 1. The molecule has 0 spiro atoms. The summed E-state index contributed by atoms with van der Waals surface area (Å²) < 4.78 is 4.68. The van der Waals surface area contributed by atoms with Gasteiger partial charge >= 0.3 is 5.97 Å². The second-order valence-corrected chi connectivity index (χ2v) is 4.20. The fourth-order valence-corrected chi connectivity index (χ4v) is 1.75. The smallest absolute Gasteiger partial charge is 0.333 e. The summed E-state index contributed by atoms with van der Waals surface area (Å²) in [5.41, 5.74) is 1.73. The van der Waals surface area contributed by atoms with Crippen molar-refractivity contribution in [2.45, 2.75) is 19.9 Å². The number of halogens is 1. The van der Waals surface area contributed by atoms with Crippen LogP contribution in [0.1, 0.15) is 18.9 Å². The molecule has 0 unspecified atom stereocenters. The molecule has 0 saturated heterocycles. The summed E-state index contributed by atoms with van der Waals surface area (Å²) in [7, 11) is 1.39. The summed E-state index contributed by atoms with van der Waals surface area (Å²) in [6, 6.07) is 7.68. The lowest BCUT2D eigenvalue weighted by Crippen LogP contribution is -2.15. The van der Waals surface area contributed by atoms with Crippen molar-refractivity contribution in [3.05, 3.63) is 46.5 Å². The second kappa shape index (κ2) is 7.90. The molecule has 0 heterocycles. The Morgan fingerprint density at radius 1 is 1.44 bits per heavy atom. The van der Waals surface area contributed by atoms with Crippen molar-refractivity contribution in [1.29, 1.82) is 0 Å². The number of benzene rings is 1. The maximum absolute atomic E-state index is 11.3. The average Bonchev–Trinajstić information content (AvgIpc) is 2.40. The van der Waals surface area contributed by atoms with E-state index >= 15 is 0 Å². The Labute approximate surface area is 113 Å². The van der Waals surface area contributed by atoms with Gasteiger partial charge in [-0.1, -0.05) is 42.8 Å². The number of nitrogens with one attached hydrogen (secondary N) is 1. The Hall–Kier alpha value is -1.32. The summed E-state index contributed by atoms with van der Waals surface area (Å²) in [5, 5.41) is 3.97. The number of hydrogen-bond donors (Lipinski definition) is 1. The molecule has 98 valence electrons. The van der Waals surface area contributed by atoms with E-state index in [4.69, 9.17) is 11.6 Å². The molecular weight excluding hydrogens is 250 g/mol. The van der Waals surface area contributed by atoms with Crippen LogP contribution in [0, 0.1) is 0 Å². The van der Waals surface area contributed by atoms with Crippen LogP contribution in [-0.2, 0) is 16.1 Å². The molecule has 0 aromatic heterocycles. The number of esters is 1. The highest BCUT2D eigenvalue weighted by Gasteiger charge is 2.05. The SMILES string of the molecule is CC/C(=C/CNCc1ccccc1Cl)C(=O)OC. The summed E-state index contributed by atoms with van der Waals surface area (Å²) in [6.45, 7) is 3.22. The Kier molecular flexibility index (Phi) is 6.47. The molecule has 0 aliphatic rings. The van der Waals surface area contributed by atoms with Crippen molar-refractivity contribution in [2.75, 3.05) is 13.7 Å². The Balaban J connectivity index is 2.45. The fraction of sp³-hybridized carbons (Fsp3) is 0.357. The normalized spacial score (nSPS) is 11.4. The molecule has 1 aromatic rings. The van der Waals surface area contributed by atoms with Crippen molar-refractivity contribution in [3.63, 3.8) is 0 Å². The van der Waals surface area contributed by atoms with Crippen LogP contribution in [0.5, 0.6) is 0 Å². The molecule has 0 aliphatic heterocycles. The van der Waals surface area contributed by atoms with Crippen LogP contribution in [0.4, 0.5) is 0 Å². The first-order valence-corrected chi connectivity index (χ1v) is 6.28. The molecule has 1 rings (SSSR count). The number of rotatable bonds is 6. The van der Waals surface area contributed by atoms with Gasteiger partial charge in [0, 0.05) is 23.7 Å². The van der Waals surface area contributed by atoms with E-state index in [9.17, 15) is 4.79 Å². The average molecular weight is 268 g/mol. The molecule has 0 bridgehead atoms. The molecule has 1 aromatic carbocycles. The molecule has 0 saturated carbocycles. The highest BCUT2D eigenvalue weighted by molar-refractivity contribution is 6.31. The zero-order valence-electron chi connectivity index (χ0n) is 10.7. The van der Waals surface area contributed by atoms with Gasteiger partial charge in [0.1, 0.15) is 0 Å². The molecule has 0 fully saturated rings.